The van der Waals surface area contributed by atoms with Crippen molar-refractivity contribution in [3.63, 3.8) is 0 Å². The molecule has 0 aromatic carbocycles. The highest BCUT2D eigenvalue weighted by molar-refractivity contribution is 8.06. The Kier molecular flexibility index (Phi) is 11.1. The number of hydrogen-bond donors (Lipinski definition) is 2. The van der Waals surface area contributed by atoms with Crippen LogP contribution in [-0.2, 0) is 4.79 Å². The molecule has 0 radical (unpaired) electrons. The molecule has 8 heteroatoms. The Hall–Kier alpha value is -2.50. The maximum atomic E-state index is 12.2. The van der Waals surface area contributed by atoms with Crippen molar-refractivity contribution in [2.24, 2.45) is 4.99 Å². The van der Waals surface area contributed by atoms with Gasteiger partial charge in [-0.05, 0) is 33.1 Å². The third-order valence-electron chi connectivity index (χ3n) is 5.45. The van der Waals surface area contributed by atoms with E-state index in [4.69, 9.17) is 0 Å². The lowest BCUT2D eigenvalue weighted by Crippen LogP contribution is -2.56. The molecule has 32 heavy (non-hydrogen) atoms. The Labute approximate surface area is 197 Å². The van der Waals surface area contributed by atoms with E-state index in [1.54, 1.807) is 6.21 Å². The number of nitrogens with zero attached hydrogens (tertiary/aromatic N) is 4. The van der Waals surface area contributed by atoms with Gasteiger partial charge in [-0.1, -0.05) is 43.8 Å². The van der Waals surface area contributed by atoms with E-state index in [1.807, 2.05) is 26.0 Å². The van der Waals surface area contributed by atoms with E-state index in [1.165, 1.54) is 11.8 Å². The first kappa shape index (κ1) is 25.8. The van der Waals surface area contributed by atoms with E-state index >= 15 is 0 Å². The monoisotopic (exact) mass is 456 g/mol. The number of nitriles is 1. The molecule has 0 aromatic rings. The van der Waals surface area contributed by atoms with Crippen LogP contribution in [-0.4, -0.2) is 60.7 Å². The van der Waals surface area contributed by atoms with Crippen LogP contribution in [0.5, 0.6) is 0 Å². The summed E-state index contributed by atoms with van der Waals surface area (Å²) in [5, 5.41) is 16.5. The molecule has 0 spiro atoms. The molecule has 0 saturated carbocycles. The molecule has 174 valence electrons. The predicted molar refractivity (Wildman–Crippen MR) is 134 cm³/mol. The van der Waals surface area contributed by atoms with Crippen LogP contribution in [0.25, 0.3) is 0 Å². The summed E-state index contributed by atoms with van der Waals surface area (Å²) in [6, 6.07) is 2.22. The van der Waals surface area contributed by atoms with Crippen molar-refractivity contribution in [3.05, 3.63) is 46.3 Å². The maximum absolute atomic E-state index is 12.2. The van der Waals surface area contributed by atoms with E-state index in [0.29, 0.717) is 10.7 Å². The second-order valence-electron chi connectivity index (χ2n) is 7.73. The molecule has 2 aliphatic rings. The van der Waals surface area contributed by atoms with Gasteiger partial charge >= 0.3 is 0 Å². The zero-order valence-electron chi connectivity index (χ0n) is 19.6. The van der Waals surface area contributed by atoms with Crippen molar-refractivity contribution in [3.8, 4) is 6.07 Å². The number of rotatable bonds is 10. The quantitative estimate of drug-likeness (QED) is 0.296. The molecule has 2 rings (SSSR count). The van der Waals surface area contributed by atoms with Crippen LogP contribution in [0.2, 0.25) is 0 Å². The van der Waals surface area contributed by atoms with Gasteiger partial charge in [0, 0.05) is 50.7 Å². The van der Waals surface area contributed by atoms with Gasteiger partial charge in [-0.15, -0.1) is 0 Å². The molecule has 2 aliphatic heterocycles. The fourth-order valence-electron chi connectivity index (χ4n) is 3.70. The van der Waals surface area contributed by atoms with Gasteiger partial charge in [0.25, 0.3) is 0 Å². The van der Waals surface area contributed by atoms with Gasteiger partial charge in [-0.25, -0.2) is 4.99 Å². The Morgan fingerprint density at radius 1 is 1.38 bits per heavy atom. The van der Waals surface area contributed by atoms with Crippen molar-refractivity contribution in [2.75, 3.05) is 32.7 Å². The van der Waals surface area contributed by atoms with Crippen molar-refractivity contribution >= 4 is 23.9 Å². The lowest BCUT2D eigenvalue weighted by Gasteiger charge is -2.40. The Balaban J connectivity index is 2.03. The van der Waals surface area contributed by atoms with E-state index in [-0.39, 0.29) is 11.9 Å². The first-order valence-electron chi connectivity index (χ1n) is 11.4. The minimum atomic E-state index is 0.000799. The van der Waals surface area contributed by atoms with Crippen LogP contribution in [0.3, 0.4) is 0 Å². The molecule has 1 amide bonds. The fraction of sp³-hybridized carbons (Fsp3) is 0.542. The number of hydrogen-bond acceptors (Lipinski definition) is 7. The topological polar surface area (TPSA) is 83.8 Å². The Bertz CT molecular complexity index is 815. The highest BCUT2D eigenvalue weighted by Gasteiger charge is 2.30. The van der Waals surface area contributed by atoms with Gasteiger partial charge in [-0.2, -0.15) is 5.26 Å². The summed E-state index contributed by atoms with van der Waals surface area (Å²) in [6.45, 7) is 14.3. The zero-order valence-corrected chi connectivity index (χ0v) is 20.4. The molecule has 0 bridgehead atoms. The molecule has 2 heterocycles. The van der Waals surface area contributed by atoms with Crippen LogP contribution < -0.4 is 10.6 Å². The molecule has 1 atom stereocenters. The van der Waals surface area contributed by atoms with E-state index in [2.05, 4.69) is 51.1 Å². The van der Waals surface area contributed by atoms with Crippen LogP contribution in [0.1, 0.15) is 46.5 Å². The molecule has 0 aromatic heterocycles. The zero-order chi connectivity index (χ0) is 23.3. The third-order valence-corrected chi connectivity index (χ3v) is 6.49. The number of carbonyl (C=O) groups excluding carboxylic acids is 1. The van der Waals surface area contributed by atoms with Crippen molar-refractivity contribution in [1.82, 2.24) is 20.4 Å². The molecular formula is C24H36N6OS. The summed E-state index contributed by atoms with van der Waals surface area (Å²) >= 11 is 1.41. The lowest BCUT2D eigenvalue weighted by atomic mass is 10.0. The number of carbonyl (C=O) groups is 1. The summed E-state index contributed by atoms with van der Waals surface area (Å²) in [6.07, 6.45) is 11.5. The summed E-state index contributed by atoms with van der Waals surface area (Å²) < 4.78 is 0. The van der Waals surface area contributed by atoms with Gasteiger partial charge < -0.3 is 15.5 Å². The number of piperazine rings is 1. The highest BCUT2D eigenvalue weighted by Crippen LogP contribution is 2.25. The molecule has 2 fully saturated rings. The Morgan fingerprint density at radius 2 is 2.12 bits per heavy atom. The number of amides is 1. The standard InChI is InChI=1S/C24H36N6OS/c1-5-8-11-23(32-20(6-2)18-25)28-22(26-7-3)17-19(4)29-13-15-30(16-14-29)21-10-9-12-27-24(21)31/h6-7,11,17,21,28H,4-5,8-10,12-16H2,1-3H3,(H,27,31)/b20-6-,22-17+,23-11+,26-7-. The maximum Gasteiger partial charge on any atom is 0.237 e. The number of piperidine rings is 1. The van der Waals surface area contributed by atoms with Crippen molar-refractivity contribution in [2.45, 2.75) is 52.5 Å². The second kappa shape index (κ2) is 13.8. The molecule has 2 N–H and O–H groups in total. The number of thioether (sulfide) groups is 1. The van der Waals surface area contributed by atoms with Crippen molar-refractivity contribution in [1.29, 1.82) is 5.26 Å². The predicted octanol–water partition coefficient (Wildman–Crippen LogP) is 3.72. The minimum absolute atomic E-state index is 0.000799. The fourth-order valence-corrected chi connectivity index (χ4v) is 4.46. The Morgan fingerprint density at radius 3 is 2.72 bits per heavy atom. The van der Waals surface area contributed by atoms with Crippen LogP contribution in [0, 0.1) is 11.3 Å². The molecule has 0 aliphatic carbocycles. The summed E-state index contributed by atoms with van der Waals surface area (Å²) in [7, 11) is 0. The third kappa shape index (κ3) is 7.88. The van der Waals surface area contributed by atoms with Gasteiger partial charge in [0.2, 0.25) is 5.91 Å². The summed E-state index contributed by atoms with van der Waals surface area (Å²) in [5.41, 5.74) is 0.886. The van der Waals surface area contributed by atoms with E-state index in [0.717, 1.165) is 69.1 Å². The number of unbranched alkanes of at least 4 members (excludes halogenated alkanes) is 1. The van der Waals surface area contributed by atoms with Gasteiger partial charge in [0.1, 0.15) is 11.9 Å². The molecule has 1 unspecified atom stereocenters. The van der Waals surface area contributed by atoms with E-state index < -0.39 is 0 Å². The lowest BCUT2D eigenvalue weighted by molar-refractivity contribution is -0.128. The first-order chi connectivity index (χ1) is 15.5. The van der Waals surface area contributed by atoms with Gasteiger partial charge in [-0.3, -0.25) is 9.69 Å². The minimum Gasteiger partial charge on any atom is -0.369 e. The summed E-state index contributed by atoms with van der Waals surface area (Å²) in [5.74, 6) is 0.851. The normalized spacial score (nSPS) is 21.4. The summed E-state index contributed by atoms with van der Waals surface area (Å²) in [4.78, 5) is 21.8. The second-order valence-corrected chi connectivity index (χ2v) is 8.81. The van der Waals surface area contributed by atoms with Crippen LogP contribution in [0.15, 0.2) is 51.3 Å². The average Bonchev–Trinajstić information content (AvgIpc) is 2.81. The van der Waals surface area contributed by atoms with Crippen molar-refractivity contribution < 1.29 is 4.79 Å². The van der Waals surface area contributed by atoms with Gasteiger partial charge in [0.05, 0.1) is 16.0 Å². The molecular weight excluding hydrogens is 420 g/mol. The largest absolute Gasteiger partial charge is 0.369 e. The number of allylic oxidation sites excluding steroid dienone is 4. The molecule has 7 nitrogen and oxygen atoms in total. The smallest absolute Gasteiger partial charge is 0.237 e. The average molecular weight is 457 g/mol. The van der Waals surface area contributed by atoms with Crippen LogP contribution in [0.4, 0.5) is 0 Å². The van der Waals surface area contributed by atoms with Crippen LogP contribution >= 0.6 is 11.8 Å². The van der Waals surface area contributed by atoms with E-state index in [9.17, 15) is 10.1 Å². The number of nitrogens with one attached hydrogen (secondary N) is 2. The highest BCUT2D eigenvalue weighted by atomic mass is 32.2. The first-order valence-corrected chi connectivity index (χ1v) is 12.2. The SMILES string of the molecule is C=C(/C=C(\N=C/C)N/C(=C\CCC)S/C(C#N)=C\C)N1CCN(C2CCCNC2=O)CC1. The molecule has 2 saturated heterocycles. The van der Waals surface area contributed by atoms with Gasteiger partial charge in [0.15, 0.2) is 0 Å². The number of aliphatic imine (C=N–C) groups is 1.